The lowest BCUT2D eigenvalue weighted by molar-refractivity contribution is -0.130. The minimum Gasteiger partial charge on any atom is -0.340 e. The molecular formula is C13H22N4O. The molecule has 0 bridgehead atoms. The highest BCUT2D eigenvalue weighted by atomic mass is 16.2. The van der Waals surface area contributed by atoms with E-state index in [1.54, 1.807) is 6.92 Å². The van der Waals surface area contributed by atoms with Gasteiger partial charge >= 0.3 is 0 Å². The summed E-state index contributed by atoms with van der Waals surface area (Å²) < 4.78 is 2.22. The van der Waals surface area contributed by atoms with Crippen LogP contribution in [-0.4, -0.2) is 58.0 Å². The van der Waals surface area contributed by atoms with Gasteiger partial charge in [0, 0.05) is 65.0 Å². The molecule has 100 valence electrons. The summed E-state index contributed by atoms with van der Waals surface area (Å²) in [7, 11) is 0. The maximum Gasteiger partial charge on any atom is 0.219 e. The van der Waals surface area contributed by atoms with Gasteiger partial charge in [0.1, 0.15) is 5.82 Å². The molecule has 1 amide bonds. The van der Waals surface area contributed by atoms with Gasteiger partial charge in [-0.3, -0.25) is 9.69 Å². The summed E-state index contributed by atoms with van der Waals surface area (Å²) in [5.74, 6) is 1.34. The quantitative estimate of drug-likeness (QED) is 0.786. The van der Waals surface area contributed by atoms with E-state index in [4.69, 9.17) is 0 Å². The average molecular weight is 250 g/mol. The van der Waals surface area contributed by atoms with Crippen LogP contribution in [0.3, 0.4) is 0 Å². The normalized spacial score (nSPS) is 17.1. The van der Waals surface area contributed by atoms with Crippen LogP contribution in [0.15, 0.2) is 12.4 Å². The van der Waals surface area contributed by atoms with Gasteiger partial charge in [0.05, 0.1) is 0 Å². The highest BCUT2D eigenvalue weighted by Gasteiger charge is 2.18. The van der Waals surface area contributed by atoms with Crippen LogP contribution in [-0.2, 0) is 17.8 Å². The number of rotatable bonds is 4. The van der Waals surface area contributed by atoms with Crippen LogP contribution in [0.2, 0.25) is 0 Å². The number of aromatic nitrogens is 2. The van der Waals surface area contributed by atoms with Crippen LogP contribution in [0.4, 0.5) is 0 Å². The molecule has 0 aromatic carbocycles. The van der Waals surface area contributed by atoms with Crippen molar-refractivity contribution in [3.63, 3.8) is 0 Å². The van der Waals surface area contributed by atoms with Crippen LogP contribution >= 0.6 is 0 Å². The van der Waals surface area contributed by atoms with E-state index in [1.165, 1.54) is 0 Å². The van der Waals surface area contributed by atoms with Gasteiger partial charge in [-0.25, -0.2) is 4.98 Å². The predicted molar refractivity (Wildman–Crippen MR) is 70.3 cm³/mol. The highest BCUT2D eigenvalue weighted by molar-refractivity contribution is 5.73. The molecule has 0 unspecified atom stereocenters. The molecule has 0 atom stereocenters. The second-order valence-electron chi connectivity index (χ2n) is 4.74. The lowest BCUT2D eigenvalue weighted by atomic mass is 10.3. The smallest absolute Gasteiger partial charge is 0.219 e. The van der Waals surface area contributed by atoms with Crippen molar-refractivity contribution < 1.29 is 4.79 Å². The lowest BCUT2D eigenvalue weighted by Crippen LogP contribution is -2.48. The Kier molecular flexibility index (Phi) is 4.36. The van der Waals surface area contributed by atoms with Gasteiger partial charge in [0.15, 0.2) is 0 Å². The summed E-state index contributed by atoms with van der Waals surface area (Å²) in [5, 5.41) is 0. The molecule has 0 aliphatic carbocycles. The minimum atomic E-state index is 0.192. The number of carbonyl (C=O) groups is 1. The standard InChI is InChI=1S/C13H22N4O/c1-3-13-14-4-5-17(13)11-8-15-6-9-16(10-7-15)12(2)18/h4-5H,3,6-11H2,1-2H3. The third-order valence-electron chi connectivity index (χ3n) is 3.59. The molecule has 1 aromatic rings. The van der Waals surface area contributed by atoms with E-state index in [9.17, 15) is 4.79 Å². The summed E-state index contributed by atoms with van der Waals surface area (Å²) in [6.45, 7) is 9.49. The zero-order valence-corrected chi connectivity index (χ0v) is 11.3. The minimum absolute atomic E-state index is 0.192. The molecule has 18 heavy (non-hydrogen) atoms. The van der Waals surface area contributed by atoms with Crippen LogP contribution in [0.25, 0.3) is 0 Å². The number of nitrogens with zero attached hydrogens (tertiary/aromatic N) is 4. The second kappa shape index (κ2) is 6.00. The molecule has 1 saturated heterocycles. The van der Waals surface area contributed by atoms with Crippen molar-refractivity contribution in [1.82, 2.24) is 19.4 Å². The fourth-order valence-corrected chi connectivity index (χ4v) is 2.39. The van der Waals surface area contributed by atoms with E-state index in [1.807, 2.05) is 17.3 Å². The Hall–Kier alpha value is -1.36. The van der Waals surface area contributed by atoms with E-state index in [2.05, 4.69) is 21.4 Å². The van der Waals surface area contributed by atoms with Crippen LogP contribution < -0.4 is 0 Å². The van der Waals surface area contributed by atoms with Crippen molar-refractivity contribution in [2.45, 2.75) is 26.8 Å². The topological polar surface area (TPSA) is 41.4 Å². The van der Waals surface area contributed by atoms with E-state index in [0.29, 0.717) is 0 Å². The molecule has 0 N–H and O–H groups in total. The zero-order chi connectivity index (χ0) is 13.0. The van der Waals surface area contributed by atoms with Gasteiger partial charge < -0.3 is 9.47 Å². The Labute approximate surface area is 108 Å². The summed E-state index contributed by atoms with van der Waals surface area (Å²) in [5.41, 5.74) is 0. The number of hydrogen-bond acceptors (Lipinski definition) is 3. The Morgan fingerprint density at radius 2 is 2.00 bits per heavy atom. The van der Waals surface area contributed by atoms with E-state index >= 15 is 0 Å². The van der Waals surface area contributed by atoms with Crippen molar-refractivity contribution in [2.75, 3.05) is 32.7 Å². The molecule has 2 heterocycles. The molecule has 2 rings (SSSR count). The molecule has 5 nitrogen and oxygen atoms in total. The molecule has 1 aliphatic rings. The maximum atomic E-state index is 11.2. The first kappa shape index (κ1) is 13.1. The monoisotopic (exact) mass is 250 g/mol. The van der Waals surface area contributed by atoms with Crippen molar-refractivity contribution in [1.29, 1.82) is 0 Å². The van der Waals surface area contributed by atoms with Crippen molar-refractivity contribution in [3.8, 4) is 0 Å². The number of aryl methyl sites for hydroxylation is 1. The molecular weight excluding hydrogens is 228 g/mol. The summed E-state index contributed by atoms with van der Waals surface area (Å²) >= 11 is 0. The van der Waals surface area contributed by atoms with Gasteiger partial charge in [0.2, 0.25) is 5.91 Å². The zero-order valence-electron chi connectivity index (χ0n) is 11.3. The molecule has 0 saturated carbocycles. The van der Waals surface area contributed by atoms with Crippen molar-refractivity contribution >= 4 is 5.91 Å². The molecule has 5 heteroatoms. The second-order valence-corrected chi connectivity index (χ2v) is 4.74. The van der Waals surface area contributed by atoms with E-state index in [-0.39, 0.29) is 5.91 Å². The molecule has 0 radical (unpaired) electrons. The number of amides is 1. The Morgan fingerprint density at radius 1 is 1.28 bits per heavy atom. The number of piperazine rings is 1. The third-order valence-corrected chi connectivity index (χ3v) is 3.59. The Bertz CT molecular complexity index is 393. The third kappa shape index (κ3) is 3.10. The fraction of sp³-hybridized carbons (Fsp3) is 0.692. The van der Waals surface area contributed by atoms with Crippen molar-refractivity contribution in [2.24, 2.45) is 0 Å². The molecule has 1 aliphatic heterocycles. The summed E-state index contributed by atoms with van der Waals surface area (Å²) in [4.78, 5) is 19.9. The first-order chi connectivity index (χ1) is 8.70. The summed E-state index contributed by atoms with van der Waals surface area (Å²) in [6.07, 6.45) is 4.89. The van der Waals surface area contributed by atoms with E-state index in [0.717, 1.165) is 51.5 Å². The Balaban J connectivity index is 1.77. The van der Waals surface area contributed by atoms with Crippen molar-refractivity contribution in [3.05, 3.63) is 18.2 Å². The van der Waals surface area contributed by atoms with Gasteiger partial charge in [-0.2, -0.15) is 0 Å². The predicted octanol–water partition coefficient (Wildman–Crippen LogP) is 0.610. The largest absolute Gasteiger partial charge is 0.340 e. The first-order valence-corrected chi connectivity index (χ1v) is 6.68. The molecule has 1 aromatic heterocycles. The van der Waals surface area contributed by atoms with Crippen LogP contribution in [0.5, 0.6) is 0 Å². The van der Waals surface area contributed by atoms with Gasteiger partial charge in [-0.05, 0) is 0 Å². The maximum absolute atomic E-state index is 11.2. The average Bonchev–Trinajstić information content (AvgIpc) is 2.84. The van der Waals surface area contributed by atoms with Gasteiger partial charge in [-0.15, -0.1) is 0 Å². The molecule has 1 fully saturated rings. The number of imidazole rings is 1. The van der Waals surface area contributed by atoms with Gasteiger partial charge in [0.25, 0.3) is 0 Å². The highest BCUT2D eigenvalue weighted by Crippen LogP contribution is 2.04. The fourth-order valence-electron chi connectivity index (χ4n) is 2.39. The van der Waals surface area contributed by atoms with Crippen LogP contribution in [0.1, 0.15) is 19.7 Å². The molecule has 0 spiro atoms. The number of hydrogen-bond donors (Lipinski definition) is 0. The first-order valence-electron chi connectivity index (χ1n) is 6.68. The Morgan fingerprint density at radius 3 is 2.61 bits per heavy atom. The van der Waals surface area contributed by atoms with E-state index < -0.39 is 0 Å². The number of carbonyl (C=O) groups excluding carboxylic acids is 1. The lowest BCUT2D eigenvalue weighted by Gasteiger charge is -2.34. The van der Waals surface area contributed by atoms with Crippen LogP contribution in [0, 0.1) is 0 Å². The summed E-state index contributed by atoms with van der Waals surface area (Å²) in [6, 6.07) is 0. The SMILES string of the molecule is CCc1nccn1CCN1CCN(C(C)=O)CC1. The van der Waals surface area contributed by atoms with Gasteiger partial charge in [-0.1, -0.05) is 6.92 Å².